The Hall–Kier alpha value is -3.19. The molecule has 0 unspecified atom stereocenters. The molecule has 2 aromatic heterocycles. The molecule has 2 atom stereocenters. The molecule has 2 bridgehead atoms. The van der Waals surface area contributed by atoms with Crippen LogP contribution in [0.5, 0.6) is 0 Å². The lowest BCUT2D eigenvalue weighted by Crippen LogP contribution is -2.49. The molecule has 2 aliphatic heterocycles. The Balaban J connectivity index is 1.35. The van der Waals surface area contributed by atoms with Crippen molar-refractivity contribution in [3.63, 3.8) is 0 Å². The number of thiophene rings is 1. The topological polar surface area (TPSA) is 71.4 Å². The number of carbonyl (C=O) groups is 2. The number of likely N-dealkylation sites (tertiary alicyclic amines) is 1. The van der Waals surface area contributed by atoms with Crippen molar-refractivity contribution in [1.29, 1.82) is 0 Å². The highest BCUT2D eigenvalue weighted by molar-refractivity contribution is 7.10. The van der Waals surface area contributed by atoms with Crippen molar-refractivity contribution >= 4 is 28.8 Å². The largest absolute Gasteiger partial charge is 0.341 e. The highest BCUT2D eigenvalue weighted by Crippen LogP contribution is 2.35. The average molecular weight is 434 g/mol. The van der Waals surface area contributed by atoms with Crippen LogP contribution in [0.25, 0.3) is 0 Å². The number of fused-ring (bicyclic) bond motifs is 4. The minimum atomic E-state index is -0.292. The summed E-state index contributed by atoms with van der Waals surface area (Å²) in [4.78, 5) is 41.4. The van der Waals surface area contributed by atoms with E-state index in [0.29, 0.717) is 37.3 Å². The Morgan fingerprint density at radius 1 is 1.00 bits per heavy atom. The first kappa shape index (κ1) is 19.8. The first-order chi connectivity index (χ1) is 15.1. The second kappa shape index (κ2) is 8.15. The summed E-state index contributed by atoms with van der Waals surface area (Å²) in [6.07, 6.45) is 1.42. The number of pyridine rings is 1. The van der Waals surface area contributed by atoms with Gasteiger partial charge in [-0.3, -0.25) is 14.4 Å². The SMILES string of the molecule is O=C(Nc1ccc2n(c1=O)C[C@H]1C[C@@H]2CN(C(=O)Cc2cccs2)C1)c1ccccc1. The lowest BCUT2D eigenvalue weighted by molar-refractivity contribution is -0.133. The smallest absolute Gasteiger partial charge is 0.274 e. The van der Waals surface area contributed by atoms with Gasteiger partial charge in [-0.05, 0) is 48.1 Å². The van der Waals surface area contributed by atoms with E-state index in [1.165, 1.54) is 0 Å². The van der Waals surface area contributed by atoms with Gasteiger partial charge in [0.05, 0.1) is 6.42 Å². The monoisotopic (exact) mass is 433 g/mol. The van der Waals surface area contributed by atoms with Gasteiger partial charge in [-0.15, -0.1) is 11.3 Å². The number of carbonyl (C=O) groups excluding carboxylic acids is 2. The van der Waals surface area contributed by atoms with Gasteiger partial charge in [0.15, 0.2) is 0 Å². The number of nitrogens with zero attached hydrogens (tertiary/aromatic N) is 2. The normalized spacial score (nSPS) is 19.5. The molecule has 6 nitrogen and oxygen atoms in total. The summed E-state index contributed by atoms with van der Waals surface area (Å²) in [6.45, 7) is 1.88. The van der Waals surface area contributed by atoms with E-state index < -0.39 is 0 Å². The fraction of sp³-hybridized carbons (Fsp3) is 0.292. The Morgan fingerprint density at radius 2 is 1.84 bits per heavy atom. The molecule has 158 valence electrons. The van der Waals surface area contributed by atoms with Crippen LogP contribution in [0.15, 0.2) is 64.8 Å². The lowest BCUT2D eigenvalue weighted by Gasteiger charge is -2.43. The minimum Gasteiger partial charge on any atom is -0.341 e. The van der Waals surface area contributed by atoms with Crippen LogP contribution >= 0.6 is 11.3 Å². The predicted octanol–water partition coefficient (Wildman–Crippen LogP) is 3.35. The van der Waals surface area contributed by atoms with E-state index in [0.717, 1.165) is 17.0 Å². The van der Waals surface area contributed by atoms with Gasteiger partial charge in [0.2, 0.25) is 5.91 Å². The molecule has 1 saturated heterocycles. The fourth-order valence-corrected chi connectivity index (χ4v) is 5.40. The molecule has 0 aliphatic carbocycles. The molecule has 0 spiro atoms. The van der Waals surface area contributed by atoms with Crippen molar-refractivity contribution in [3.05, 3.63) is 86.5 Å². The molecule has 31 heavy (non-hydrogen) atoms. The Bertz CT molecular complexity index is 1170. The summed E-state index contributed by atoms with van der Waals surface area (Å²) in [5.41, 5.74) is 1.59. The van der Waals surface area contributed by atoms with Gasteiger partial charge in [-0.1, -0.05) is 24.3 Å². The number of hydrogen-bond acceptors (Lipinski definition) is 4. The summed E-state index contributed by atoms with van der Waals surface area (Å²) >= 11 is 1.60. The fourth-order valence-electron chi connectivity index (χ4n) is 4.70. The van der Waals surface area contributed by atoms with Gasteiger partial charge in [0, 0.05) is 41.7 Å². The molecule has 5 rings (SSSR count). The van der Waals surface area contributed by atoms with Crippen molar-refractivity contribution in [2.24, 2.45) is 5.92 Å². The van der Waals surface area contributed by atoms with E-state index in [-0.39, 0.29) is 29.2 Å². The van der Waals surface area contributed by atoms with Gasteiger partial charge >= 0.3 is 0 Å². The van der Waals surface area contributed by atoms with Crippen LogP contribution in [0.2, 0.25) is 0 Å². The predicted molar refractivity (Wildman–Crippen MR) is 121 cm³/mol. The third-order valence-electron chi connectivity index (χ3n) is 6.15. The number of amides is 2. The van der Waals surface area contributed by atoms with Gasteiger partial charge in [-0.25, -0.2) is 0 Å². The molecule has 1 N–H and O–H groups in total. The third kappa shape index (κ3) is 3.93. The van der Waals surface area contributed by atoms with E-state index in [1.807, 2.05) is 34.5 Å². The maximum atomic E-state index is 13.1. The maximum Gasteiger partial charge on any atom is 0.274 e. The zero-order valence-corrected chi connectivity index (χ0v) is 17.8. The molecule has 0 saturated carbocycles. The zero-order valence-electron chi connectivity index (χ0n) is 17.0. The van der Waals surface area contributed by atoms with Crippen LogP contribution < -0.4 is 10.9 Å². The molecular formula is C24H23N3O3S. The van der Waals surface area contributed by atoms with Crippen LogP contribution in [0.1, 0.15) is 33.3 Å². The van der Waals surface area contributed by atoms with Gasteiger partial charge in [0.25, 0.3) is 11.5 Å². The highest BCUT2D eigenvalue weighted by Gasteiger charge is 2.36. The maximum absolute atomic E-state index is 13.1. The molecule has 2 amide bonds. The van der Waals surface area contributed by atoms with E-state index in [2.05, 4.69) is 5.32 Å². The molecule has 3 aromatic rings. The van der Waals surface area contributed by atoms with Crippen LogP contribution in [0, 0.1) is 5.92 Å². The van der Waals surface area contributed by atoms with Crippen molar-refractivity contribution in [1.82, 2.24) is 9.47 Å². The minimum absolute atomic E-state index is 0.145. The zero-order chi connectivity index (χ0) is 21.4. The van der Waals surface area contributed by atoms with Gasteiger partial charge < -0.3 is 14.8 Å². The van der Waals surface area contributed by atoms with Gasteiger partial charge in [0.1, 0.15) is 5.69 Å². The van der Waals surface area contributed by atoms with Crippen LogP contribution in [0.4, 0.5) is 5.69 Å². The summed E-state index contributed by atoms with van der Waals surface area (Å²) < 4.78 is 1.79. The van der Waals surface area contributed by atoms with Crippen molar-refractivity contribution < 1.29 is 9.59 Å². The molecule has 0 radical (unpaired) electrons. The van der Waals surface area contributed by atoms with Crippen molar-refractivity contribution in [2.45, 2.75) is 25.3 Å². The Morgan fingerprint density at radius 3 is 2.61 bits per heavy atom. The average Bonchev–Trinajstić information content (AvgIpc) is 3.29. The van der Waals surface area contributed by atoms with Crippen molar-refractivity contribution in [2.75, 3.05) is 18.4 Å². The second-order valence-corrected chi connectivity index (χ2v) is 9.29. The second-order valence-electron chi connectivity index (χ2n) is 8.26. The molecule has 7 heteroatoms. The van der Waals surface area contributed by atoms with E-state index >= 15 is 0 Å². The molecule has 2 aliphatic rings. The number of rotatable bonds is 4. The molecular weight excluding hydrogens is 410 g/mol. The Kier molecular flexibility index (Phi) is 5.19. The summed E-state index contributed by atoms with van der Waals surface area (Å²) in [6, 6.07) is 16.5. The quantitative estimate of drug-likeness (QED) is 0.686. The first-order valence-electron chi connectivity index (χ1n) is 10.5. The number of anilines is 1. The summed E-state index contributed by atoms with van der Waals surface area (Å²) in [7, 11) is 0. The van der Waals surface area contributed by atoms with Crippen molar-refractivity contribution in [3.8, 4) is 0 Å². The number of nitrogens with one attached hydrogen (secondary N) is 1. The number of aromatic nitrogens is 1. The molecule has 1 fully saturated rings. The van der Waals surface area contributed by atoms with Gasteiger partial charge in [-0.2, -0.15) is 0 Å². The van der Waals surface area contributed by atoms with Crippen LogP contribution in [0.3, 0.4) is 0 Å². The first-order valence-corrected chi connectivity index (χ1v) is 11.4. The number of hydrogen-bond donors (Lipinski definition) is 1. The number of piperidine rings is 1. The standard InChI is InChI=1S/C24H23N3O3S/c28-22(12-19-7-4-10-31-19)26-13-16-11-18(15-26)21-9-8-20(24(30)27(21)14-16)25-23(29)17-5-2-1-3-6-17/h1-10,16,18H,11-15H2,(H,25,29)/t16-,18+/m0/s1. The van der Waals surface area contributed by atoms with Crippen LogP contribution in [-0.2, 0) is 17.8 Å². The molecule has 1 aromatic carbocycles. The highest BCUT2D eigenvalue weighted by atomic mass is 32.1. The summed E-state index contributed by atoms with van der Waals surface area (Å²) in [5.74, 6) is 0.252. The van der Waals surface area contributed by atoms with E-state index in [9.17, 15) is 14.4 Å². The molecule has 4 heterocycles. The lowest BCUT2D eigenvalue weighted by atomic mass is 9.83. The number of benzene rings is 1. The van der Waals surface area contributed by atoms with E-state index in [4.69, 9.17) is 0 Å². The van der Waals surface area contributed by atoms with E-state index in [1.54, 1.807) is 46.2 Å². The Labute approximate surface area is 184 Å². The summed E-state index contributed by atoms with van der Waals surface area (Å²) in [5, 5.41) is 4.75. The van der Waals surface area contributed by atoms with Crippen LogP contribution in [-0.4, -0.2) is 34.4 Å². The third-order valence-corrected chi connectivity index (χ3v) is 7.02.